The molecule has 6 atom stereocenters. The predicted molar refractivity (Wildman–Crippen MR) is 113 cm³/mol. The molecule has 27 heavy (non-hydrogen) atoms. The van der Waals surface area contributed by atoms with Crippen LogP contribution in [0.25, 0.3) is 0 Å². The summed E-state index contributed by atoms with van der Waals surface area (Å²) in [6.07, 6.45) is 10.3. The van der Waals surface area contributed by atoms with E-state index in [0.717, 1.165) is 35.7 Å². The first-order valence-corrected chi connectivity index (χ1v) is 11.5. The van der Waals surface area contributed by atoms with Crippen molar-refractivity contribution in [1.82, 2.24) is 0 Å². The molecule has 2 saturated carbocycles. The summed E-state index contributed by atoms with van der Waals surface area (Å²) < 4.78 is 0. The fourth-order valence-corrected chi connectivity index (χ4v) is 7.38. The van der Waals surface area contributed by atoms with E-state index in [1.165, 1.54) is 50.5 Å². The molecular weight excluding hydrogens is 328 g/mol. The Kier molecular flexibility index (Phi) is 5.25. The summed E-state index contributed by atoms with van der Waals surface area (Å²) >= 11 is 0. The molecule has 0 radical (unpaired) electrons. The van der Waals surface area contributed by atoms with Crippen LogP contribution in [0.2, 0.25) is 0 Å². The predicted octanol–water partition coefficient (Wildman–Crippen LogP) is 7.26. The van der Waals surface area contributed by atoms with Crippen molar-refractivity contribution < 1.29 is 4.79 Å². The second kappa shape index (κ2) is 7.37. The van der Waals surface area contributed by atoms with Gasteiger partial charge in [0.1, 0.15) is 0 Å². The Bertz CT molecular complexity index is 689. The lowest BCUT2D eigenvalue weighted by Gasteiger charge is -2.51. The van der Waals surface area contributed by atoms with Crippen LogP contribution in [0.15, 0.2) is 24.3 Å². The molecule has 4 rings (SSSR count). The number of hydrogen-bond donors (Lipinski definition) is 0. The Morgan fingerprint density at radius 2 is 1.85 bits per heavy atom. The molecule has 1 heteroatoms. The van der Waals surface area contributed by atoms with Gasteiger partial charge >= 0.3 is 0 Å². The molecule has 0 saturated heterocycles. The molecule has 0 heterocycles. The first-order chi connectivity index (χ1) is 12.9. The van der Waals surface area contributed by atoms with E-state index >= 15 is 0 Å². The monoisotopic (exact) mass is 366 g/mol. The molecule has 0 amide bonds. The van der Waals surface area contributed by atoms with Crippen LogP contribution in [-0.2, 0) is 0 Å². The van der Waals surface area contributed by atoms with Crippen LogP contribution in [0.1, 0.15) is 101 Å². The van der Waals surface area contributed by atoms with Crippen molar-refractivity contribution >= 4 is 5.78 Å². The van der Waals surface area contributed by atoms with Crippen molar-refractivity contribution in [2.45, 2.75) is 85.0 Å². The van der Waals surface area contributed by atoms with Crippen LogP contribution in [0, 0.1) is 35.0 Å². The fourth-order valence-electron chi connectivity index (χ4n) is 7.38. The minimum atomic E-state index is 0.407. The van der Waals surface area contributed by atoms with Gasteiger partial charge in [-0.05, 0) is 72.2 Å². The lowest BCUT2D eigenvalue weighted by Crippen LogP contribution is -2.44. The van der Waals surface area contributed by atoms with Crippen molar-refractivity contribution in [3.05, 3.63) is 35.4 Å². The lowest BCUT2D eigenvalue weighted by atomic mass is 9.53. The average Bonchev–Trinajstić information content (AvgIpc) is 2.99. The molecule has 3 aliphatic rings. The van der Waals surface area contributed by atoms with Gasteiger partial charge in [-0.25, -0.2) is 0 Å². The number of carbonyl (C=O) groups excluding carboxylic acids is 1. The molecule has 0 aromatic heterocycles. The Labute approximate surface area is 166 Å². The second-order valence-electron chi connectivity index (χ2n) is 10.6. The lowest BCUT2D eigenvalue weighted by molar-refractivity contribution is 0.0109. The van der Waals surface area contributed by atoms with Crippen LogP contribution in [0.3, 0.4) is 0 Å². The molecule has 1 nitrogen and oxygen atoms in total. The van der Waals surface area contributed by atoms with Crippen molar-refractivity contribution in [2.75, 3.05) is 0 Å². The molecule has 0 N–H and O–H groups in total. The summed E-state index contributed by atoms with van der Waals surface area (Å²) in [5, 5.41) is 0. The minimum Gasteiger partial charge on any atom is -0.294 e. The van der Waals surface area contributed by atoms with Crippen LogP contribution in [0.4, 0.5) is 0 Å². The maximum absolute atomic E-state index is 12.9. The standard InChI is InChI=1S/C26H38O/c1-17(2)8-7-9-18(3)23-12-13-24-22-16-25(27)21-11-6-5-10-19(21)20(22)14-15-26(23,24)4/h5-6,10-11,17-18,20,22-24H,7-9,12-16H2,1-4H3. The number of fused-ring (bicyclic) bond motifs is 5. The molecule has 2 fully saturated rings. The van der Waals surface area contributed by atoms with E-state index in [2.05, 4.69) is 45.9 Å². The Hall–Kier alpha value is -1.11. The van der Waals surface area contributed by atoms with Gasteiger partial charge in [-0.15, -0.1) is 0 Å². The van der Waals surface area contributed by atoms with E-state index < -0.39 is 0 Å². The zero-order chi connectivity index (χ0) is 19.2. The highest BCUT2D eigenvalue weighted by Crippen LogP contribution is 2.64. The van der Waals surface area contributed by atoms with Gasteiger partial charge in [0.2, 0.25) is 0 Å². The highest BCUT2D eigenvalue weighted by atomic mass is 16.1. The molecule has 0 aliphatic heterocycles. The number of Topliss-reactive ketones (excluding diaryl/α,β-unsaturated/α-hetero) is 1. The third-order valence-electron chi connectivity index (χ3n) is 8.72. The third kappa shape index (κ3) is 3.30. The van der Waals surface area contributed by atoms with Gasteiger partial charge in [-0.3, -0.25) is 4.79 Å². The minimum absolute atomic E-state index is 0.407. The zero-order valence-electron chi connectivity index (χ0n) is 17.8. The van der Waals surface area contributed by atoms with Crippen LogP contribution in [-0.4, -0.2) is 5.78 Å². The van der Waals surface area contributed by atoms with Crippen molar-refractivity contribution in [3.8, 4) is 0 Å². The number of carbonyl (C=O) groups is 1. The Morgan fingerprint density at radius 3 is 2.63 bits per heavy atom. The summed E-state index contributed by atoms with van der Waals surface area (Å²) in [5.41, 5.74) is 2.86. The zero-order valence-corrected chi connectivity index (χ0v) is 17.8. The van der Waals surface area contributed by atoms with Crippen molar-refractivity contribution in [3.63, 3.8) is 0 Å². The molecule has 1 aromatic carbocycles. The van der Waals surface area contributed by atoms with E-state index in [0.29, 0.717) is 23.0 Å². The van der Waals surface area contributed by atoms with Gasteiger partial charge in [0, 0.05) is 12.0 Å². The van der Waals surface area contributed by atoms with E-state index in [4.69, 9.17) is 0 Å². The summed E-state index contributed by atoms with van der Waals surface area (Å²) in [6.45, 7) is 9.80. The van der Waals surface area contributed by atoms with Gasteiger partial charge in [0.05, 0.1) is 0 Å². The first kappa shape index (κ1) is 19.2. The Balaban J connectivity index is 1.52. The van der Waals surface area contributed by atoms with Crippen LogP contribution >= 0.6 is 0 Å². The molecule has 148 valence electrons. The molecular formula is C26H38O. The summed E-state index contributed by atoms with van der Waals surface area (Å²) in [6, 6.07) is 8.48. The van der Waals surface area contributed by atoms with Gasteiger partial charge in [0.15, 0.2) is 5.78 Å². The second-order valence-corrected chi connectivity index (χ2v) is 10.6. The summed E-state index contributed by atoms with van der Waals surface area (Å²) in [5.74, 6) is 4.92. The maximum atomic E-state index is 12.9. The average molecular weight is 367 g/mol. The molecule has 1 aromatic rings. The molecule has 0 bridgehead atoms. The fraction of sp³-hybridized carbons (Fsp3) is 0.731. The van der Waals surface area contributed by atoms with E-state index in [1.807, 2.05) is 6.07 Å². The molecule has 0 spiro atoms. The largest absolute Gasteiger partial charge is 0.294 e. The number of benzene rings is 1. The third-order valence-corrected chi connectivity index (χ3v) is 8.72. The van der Waals surface area contributed by atoms with Crippen LogP contribution < -0.4 is 0 Å². The molecule has 6 unspecified atom stereocenters. The van der Waals surface area contributed by atoms with Gasteiger partial charge in [-0.2, -0.15) is 0 Å². The van der Waals surface area contributed by atoms with Gasteiger partial charge in [0.25, 0.3) is 0 Å². The Morgan fingerprint density at radius 1 is 1.07 bits per heavy atom. The summed E-state index contributed by atoms with van der Waals surface area (Å²) in [7, 11) is 0. The summed E-state index contributed by atoms with van der Waals surface area (Å²) in [4.78, 5) is 12.9. The maximum Gasteiger partial charge on any atom is 0.163 e. The quantitative estimate of drug-likeness (QED) is 0.536. The highest BCUT2D eigenvalue weighted by molar-refractivity contribution is 5.99. The SMILES string of the molecule is CC(C)CCCC(C)C1CCC2C3CC(=O)c4ccccc4C3CCC12C. The van der Waals surface area contributed by atoms with E-state index in [9.17, 15) is 4.79 Å². The van der Waals surface area contributed by atoms with E-state index in [1.54, 1.807) is 0 Å². The van der Waals surface area contributed by atoms with Gasteiger partial charge < -0.3 is 0 Å². The van der Waals surface area contributed by atoms with Crippen molar-refractivity contribution in [2.24, 2.45) is 35.0 Å². The topological polar surface area (TPSA) is 17.1 Å². The van der Waals surface area contributed by atoms with Gasteiger partial charge in [-0.1, -0.05) is 71.2 Å². The van der Waals surface area contributed by atoms with E-state index in [-0.39, 0.29) is 0 Å². The smallest absolute Gasteiger partial charge is 0.163 e. The molecule has 3 aliphatic carbocycles. The van der Waals surface area contributed by atoms with Crippen LogP contribution in [0.5, 0.6) is 0 Å². The number of rotatable bonds is 5. The van der Waals surface area contributed by atoms with Crippen molar-refractivity contribution in [1.29, 1.82) is 0 Å². The number of hydrogen-bond acceptors (Lipinski definition) is 1. The highest BCUT2D eigenvalue weighted by Gasteiger charge is 2.56. The normalized spacial score (nSPS) is 36.3. The first-order valence-electron chi connectivity index (χ1n) is 11.5. The number of ketones is 1.